The topological polar surface area (TPSA) is 41.5 Å². The number of fused-ring (bicyclic) bond motifs is 1. The van der Waals surface area contributed by atoms with E-state index in [1.54, 1.807) is 7.11 Å². The Labute approximate surface area is 90.1 Å². The first-order chi connectivity index (χ1) is 7.02. The molecule has 0 radical (unpaired) electrons. The molecule has 3 heteroatoms. The van der Waals surface area contributed by atoms with Gasteiger partial charge >= 0.3 is 0 Å². The summed E-state index contributed by atoms with van der Waals surface area (Å²) in [5.74, 6) is 0.782. The van der Waals surface area contributed by atoms with E-state index < -0.39 is 0 Å². The Hall–Kier alpha value is -1.22. The van der Waals surface area contributed by atoms with Gasteiger partial charge in [0.1, 0.15) is 0 Å². The maximum absolute atomic E-state index is 9.69. The van der Waals surface area contributed by atoms with Crippen molar-refractivity contribution < 1.29 is 9.84 Å². The third-order valence-corrected chi connectivity index (χ3v) is 2.89. The molecular weight excluding hydrogens is 190 g/mol. The van der Waals surface area contributed by atoms with Gasteiger partial charge in [0.05, 0.1) is 7.11 Å². The van der Waals surface area contributed by atoms with Crippen LogP contribution in [-0.2, 0) is 13.0 Å². The van der Waals surface area contributed by atoms with Gasteiger partial charge in [0.2, 0.25) is 0 Å². The predicted octanol–water partition coefficient (Wildman–Crippen LogP) is 1.83. The van der Waals surface area contributed by atoms with Crippen molar-refractivity contribution in [3.05, 3.63) is 23.3 Å². The Bertz CT molecular complexity index is 385. The van der Waals surface area contributed by atoms with Gasteiger partial charge in [-0.1, -0.05) is 0 Å². The van der Waals surface area contributed by atoms with Gasteiger partial charge < -0.3 is 15.2 Å². The number of phenols is 1. The largest absolute Gasteiger partial charge is 0.504 e. The molecule has 1 aromatic rings. The number of benzene rings is 1. The first-order valence-electron chi connectivity index (χ1n) is 5.15. The van der Waals surface area contributed by atoms with Crippen molar-refractivity contribution in [3.63, 3.8) is 0 Å². The fourth-order valence-electron chi connectivity index (χ4n) is 2.02. The van der Waals surface area contributed by atoms with Crippen LogP contribution in [-0.4, -0.2) is 17.8 Å². The standard InChI is InChI=1S/C12H17NO2/c1-12(2)6-8-4-10(14)11(15-3)5-9(8)7-13-12/h4-5,13-14H,6-7H2,1-3H3. The second-order valence-electron chi connectivity index (χ2n) is 4.71. The molecule has 82 valence electrons. The van der Waals surface area contributed by atoms with Crippen LogP contribution in [0.4, 0.5) is 0 Å². The highest BCUT2D eigenvalue weighted by Crippen LogP contribution is 2.33. The molecule has 2 rings (SSSR count). The zero-order valence-electron chi connectivity index (χ0n) is 9.42. The number of nitrogens with one attached hydrogen (secondary N) is 1. The summed E-state index contributed by atoms with van der Waals surface area (Å²) in [4.78, 5) is 0. The Kier molecular flexibility index (Phi) is 2.35. The molecule has 3 nitrogen and oxygen atoms in total. The summed E-state index contributed by atoms with van der Waals surface area (Å²) in [5.41, 5.74) is 2.52. The molecule has 15 heavy (non-hydrogen) atoms. The van der Waals surface area contributed by atoms with E-state index in [2.05, 4.69) is 19.2 Å². The van der Waals surface area contributed by atoms with Crippen LogP contribution in [0, 0.1) is 0 Å². The first kappa shape index (κ1) is 10.3. The van der Waals surface area contributed by atoms with Crippen molar-refractivity contribution >= 4 is 0 Å². The lowest BCUT2D eigenvalue weighted by atomic mass is 9.87. The SMILES string of the molecule is COc1cc2c(cc1O)CC(C)(C)NC2. The molecule has 1 aliphatic heterocycles. The molecule has 0 bridgehead atoms. The monoisotopic (exact) mass is 207 g/mol. The quantitative estimate of drug-likeness (QED) is 0.738. The molecule has 1 aromatic carbocycles. The Morgan fingerprint density at radius 1 is 1.33 bits per heavy atom. The van der Waals surface area contributed by atoms with Crippen LogP contribution in [0.2, 0.25) is 0 Å². The number of hydrogen-bond donors (Lipinski definition) is 2. The second-order valence-corrected chi connectivity index (χ2v) is 4.71. The van der Waals surface area contributed by atoms with Gasteiger partial charge in [-0.05, 0) is 43.5 Å². The van der Waals surface area contributed by atoms with Crippen LogP contribution < -0.4 is 10.1 Å². The van der Waals surface area contributed by atoms with E-state index in [1.807, 2.05) is 12.1 Å². The van der Waals surface area contributed by atoms with Crippen LogP contribution in [0.15, 0.2) is 12.1 Å². The zero-order valence-corrected chi connectivity index (χ0v) is 9.42. The normalized spacial score (nSPS) is 18.3. The second kappa shape index (κ2) is 3.42. The van der Waals surface area contributed by atoms with Crippen LogP contribution in [0.5, 0.6) is 11.5 Å². The van der Waals surface area contributed by atoms with Crippen molar-refractivity contribution in [2.24, 2.45) is 0 Å². The number of phenolic OH excluding ortho intramolecular Hbond substituents is 1. The lowest BCUT2D eigenvalue weighted by Gasteiger charge is -2.33. The van der Waals surface area contributed by atoms with Gasteiger partial charge in [0.25, 0.3) is 0 Å². The van der Waals surface area contributed by atoms with Crippen molar-refractivity contribution in [2.45, 2.75) is 32.4 Å². The van der Waals surface area contributed by atoms with E-state index in [0.29, 0.717) is 5.75 Å². The molecule has 0 aromatic heterocycles. The molecule has 0 saturated carbocycles. The van der Waals surface area contributed by atoms with Crippen LogP contribution in [0.25, 0.3) is 0 Å². The van der Waals surface area contributed by atoms with Crippen molar-refractivity contribution in [2.75, 3.05) is 7.11 Å². The summed E-state index contributed by atoms with van der Waals surface area (Å²) in [6, 6.07) is 3.73. The summed E-state index contributed by atoms with van der Waals surface area (Å²) in [5, 5.41) is 13.1. The smallest absolute Gasteiger partial charge is 0.160 e. The lowest BCUT2D eigenvalue weighted by molar-refractivity contribution is 0.350. The maximum Gasteiger partial charge on any atom is 0.160 e. The van der Waals surface area contributed by atoms with Gasteiger partial charge in [-0.3, -0.25) is 0 Å². The van der Waals surface area contributed by atoms with Gasteiger partial charge in [0.15, 0.2) is 11.5 Å². The molecule has 0 unspecified atom stereocenters. The predicted molar refractivity (Wildman–Crippen MR) is 59.3 cm³/mol. The molecule has 0 atom stereocenters. The van der Waals surface area contributed by atoms with Crippen LogP contribution >= 0.6 is 0 Å². The molecule has 0 spiro atoms. The molecule has 0 amide bonds. The molecule has 0 aliphatic carbocycles. The van der Waals surface area contributed by atoms with Crippen LogP contribution in [0.1, 0.15) is 25.0 Å². The van der Waals surface area contributed by atoms with Gasteiger partial charge in [-0.25, -0.2) is 0 Å². The van der Waals surface area contributed by atoms with Crippen molar-refractivity contribution in [1.29, 1.82) is 0 Å². The van der Waals surface area contributed by atoms with E-state index in [1.165, 1.54) is 11.1 Å². The minimum absolute atomic E-state index is 0.105. The Balaban J connectivity index is 2.41. The third kappa shape index (κ3) is 1.92. The third-order valence-electron chi connectivity index (χ3n) is 2.89. The summed E-state index contributed by atoms with van der Waals surface area (Å²) >= 11 is 0. The Morgan fingerprint density at radius 3 is 2.73 bits per heavy atom. The number of aromatic hydroxyl groups is 1. The minimum atomic E-state index is 0.105. The maximum atomic E-state index is 9.69. The molecule has 0 fully saturated rings. The van der Waals surface area contributed by atoms with Crippen molar-refractivity contribution in [1.82, 2.24) is 5.32 Å². The average Bonchev–Trinajstić information content (AvgIpc) is 2.15. The van der Waals surface area contributed by atoms with E-state index in [0.717, 1.165) is 13.0 Å². The molecular formula is C12H17NO2. The molecule has 2 N–H and O–H groups in total. The summed E-state index contributed by atoms with van der Waals surface area (Å²) < 4.78 is 5.09. The van der Waals surface area contributed by atoms with E-state index in [-0.39, 0.29) is 11.3 Å². The van der Waals surface area contributed by atoms with Gasteiger partial charge in [-0.2, -0.15) is 0 Å². The summed E-state index contributed by atoms with van der Waals surface area (Å²) in [6.45, 7) is 5.16. The van der Waals surface area contributed by atoms with Gasteiger partial charge in [-0.15, -0.1) is 0 Å². The fraction of sp³-hybridized carbons (Fsp3) is 0.500. The van der Waals surface area contributed by atoms with Gasteiger partial charge in [0, 0.05) is 12.1 Å². The molecule has 1 aliphatic rings. The number of hydrogen-bond acceptors (Lipinski definition) is 3. The number of rotatable bonds is 1. The van der Waals surface area contributed by atoms with E-state index in [9.17, 15) is 5.11 Å². The minimum Gasteiger partial charge on any atom is -0.504 e. The van der Waals surface area contributed by atoms with E-state index in [4.69, 9.17) is 4.74 Å². The van der Waals surface area contributed by atoms with E-state index >= 15 is 0 Å². The zero-order chi connectivity index (χ0) is 11.1. The lowest BCUT2D eigenvalue weighted by Crippen LogP contribution is -2.44. The summed E-state index contributed by atoms with van der Waals surface area (Å²) in [6.07, 6.45) is 0.930. The highest BCUT2D eigenvalue weighted by atomic mass is 16.5. The number of methoxy groups -OCH3 is 1. The van der Waals surface area contributed by atoms with Crippen molar-refractivity contribution in [3.8, 4) is 11.5 Å². The fourth-order valence-corrected chi connectivity index (χ4v) is 2.02. The Morgan fingerprint density at radius 2 is 2.07 bits per heavy atom. The number of ether oxygens (including phenoxy) is 1. The molecule has 1 heterocycles. The molecule has 0 saturated heterocycles. The average molecular weight is 207 g/mol. The van der Waals surface area contributed by atoms with Crippen LogP contribution in [0.3, 0.4) is 0 Å². The summed E-state index contributed by atoms with van der Waals surface area (Å²) in [7, 11) is 1.57. The first-order valence-corrected chi connectivity index (χ1v) is 5.15. The highest BCUT2D eigenvalue weighted by molar-refractivity contribution is 5.47. The highest BCUT2D eigenvalue weighted by Gasteiger charge is 2.25.